The standard InChI is InChI=1S/C47H34N2/c1-2-45-48-43-24-10-11-25-44(43)49(45)38-19-13-17-36(31-38)35-16-12-18-37(30-35)47-41-22-8-6-20-39(41)46(40-21-7-9-23-42(40)47)34-28-26-33(27-29-34)32-14-4-3-5-15-32/h3-31H,2H2,1H3. The van der Waals surface area contributed by atoms with E-state index in [2.05, 4.69) is 187 Å². The van der Waals surface area contributed by atoms with Gasteiger partial charge in [-0.3, -0.25) is 4.57 Å². The molecule has 2 nitrogen and oxygen atoms in total. The highest BCUT2D eigenvalue weighted by atomic mass is 15.1. The second-order valence-electron chi connectivity index (χ2n) is 12.6. The van der Waals surface area contributed by atoms with Gasteiger partial charge in [0.05, 0.1) is 11.0 Å². The van der Waals surface area contributed by atoms with Gasteiger partial charge in [0.2, 0.25) is 0 Å². The summed E-state index contributed by atoms with van der Waals surface area (Å²) in [5.74, 6) is 1.07. The number of rotatable bonds is 6. The Labute approximate surface area is 286 Å². The van der Waals surface area contributed by atoms with Crippen molar-refractivity contribution in [1.29, 1.82) is 0 Å². The van der Waals surface area contributed by atoms with Crippen LogP contribution < -0.4 is 0 Å². The Morgan fingerprint density at radius 3 is 1.57 bits per heavy atom. The quantitative estimate of drug-likeness (QED) is 0.168. The number of benzene rings is 8. The number of fused-ring (bicyclic) bond motifs is 3. The summed E-state index contributed by atoms with van der Waals surface area (Å²) in [6, 6.07) is 63.7. The van der Waals surface area contributed by atoms with E-state index in [-0.39, 0.29) is 0 Å². The highest BCUT2D eigenvalue weighted by molar-refractivity contribution is 6.21. The largest absolute Gasteiger partial charge is 0.296 e. The highest BCUT2D eigenvalue weighted by Gasteiger charge is 2.17. The first-order valence-corrected chi connectivity index (χ1v) is 17.0. The lowest BCUT2D eigenvalue weighted by Gasteiger charge is -2.18. The van der Waals surface area contributed by atoms with Gasteiger partial charge in [-0.2, -0.15) is 0 Å². The Morgan fingerprint density at radius 1 is 0.408 bits per heavy atom. The summed E-state index contributed by atoms with van der Waals surface area (Å²) < 4.78 is 2.30. The molecule has 0 aliphatic heterocycles. The maximum atomic E-state index is 4.93. The summed E-state index contributed by atoms with van der Waals surface area (Å²) in [5, 5.41) is 5.03. The first-order valence-electron chi connectivity index (χ1n) is 17.0. The molecule has 0 saturated carbocycles. The minimum Gasteiger partial charge on any atom is -0.296 e. The van der Waals surface area contributed by atoms with Crippen LogP contribution >= 0.6 is 0 Å². The van der Waals surface area contributed by atoms with Crippen LogP contribution in [0.2, 0.25) is 0 Å². The van der Waals surface area contributed by atoms with Crippen molar-refractivity contribution in [2.45, 2.75) is 13.3 Å². The lowest BCUT2D eigenvalue weighted by molar-refractivity contribution is 0.908. The van der Waals surface area contributed by atoms with Gasteiger partial charge < -0.3 is 0 Å². The number of imidazole rings is 1. The molecule has 0 atom stereocenters. The van der Waals surface area contributed by atoms with Crippen molar-refractivity contribution in [1.82, 2.24) is 9.55 Å². The lowest BCUT2D eigenvalue weighted by atomic mass is 9.85. The minimum atomic E-state index is 0.863. The molecule has 0 spiro atoms. The van der Waals surface area contributed by atoms with Crippen molar-refractivity contribution in [3.05, 3.63) is 182 Å². The second-order valence-corrected chi connectivity index (χ2v) is 12.6. The van der Waals surface area contributed by atoms with Crippen LogP contribution in [0.15, 0.2) is 176 Å². The van der Waals surface area contributed by atoms with Crippen LogP contribution in [0.5, 0.6) is 0 Å². The maximum Gasteiger partial charge on any atom is 0.114 e. The van der Waals surface area contributed by atoms with Crippen LogP contribution in [-0.4, -0.2) is 9.55 Å². The maximum absolute atomic E-state index is 4.93. The molecule has 0 unspecified atom stereocenters. The van der Waals surface area contributed by atoms with E-state index in [1.54, 1.807) is 0 Å². The van der Waals surface area contributed by atoms with E-state index in [0.717, 1.165) is 29.0 Å². The Kier molecular flexibility index (Phi) is 7.13. The summed E-state index contributed by atoms with van der Waals surface area (Å²) in [7, 11) is 0. The molecule has 9 rings (SSSR count). The summed E-state index contributed by atoms with van der Waals surface area (Å²) >= 11 is 0. The summed E-state index contributed by atoms with van der Waals surface area (Å²) in [5.41, 5.74) is 13.1. The minimum absolute atomic E-state index is 0.863. The molecule has 1 heterocycles. The summed E-state index contributed by atoms with van der Waals surface area (Å²) in [6.45, 7) is 2.17. The smallest absolute Gasteiger partial charge is 0.114 e. The van der Waals surface area contributed by atoms with E-state index in [1.165, 1.54) is 66.1 Å². The molecule has 9 aromatic rings. The molecule has 49 heavy (non-hydrogen) atoms. The predicted molar refractivity (Wildman–Crippen MR) is 207 cm³/mol. The van der Waals surface area contributed by atoms with Crippen LogP contribution in [0.3, 0.4) is 0 Å². The van der Waals surface area contributed by atoms with E-state index in [1.807, 2.05) is 0 Å². The molecule has 0 N–H and O–H groups in total. The van der Waals surface area contributed by atoms with E-state index in [0.29, 0.717) is 0 Å². The van der Waals surface area contributed by atoms with Crippen LogP contribution in [0, 0.1) is 0 Å². The summed E-state index contributed by atoms with van der Waals surface area (Å²) in [6.07, 6.45) is 0.863. The zero-order chi connectivity index (χ0) is 32.7. The number of hydrogen-bond acceptors (Lipinski definition) is 1. The third-order valence-electron chi connectivity index (χ3n) is 9.75. The molecular weight excluding hydrogens is 593 g/mol. The van der Waals surface area contributed by atoms with Crippen LogP contribution in [-0.2, 0) is 6.42 Å². The Hall–Kier alpha value is -6.25. The Morgan fingerprint density at radius 2 is 0.898 bits per heavy atom. The fraction of sp³-hybridized carbons (Fsp3) is 0.0426. The van der Waals surface area contributed by atoms with Crippen molar-refractivity contribution in [3.8, 4) is 50.2 Å². The van der Waals surface area contributed by atoms with Crippen molar-refractivity contribution in [2.75, 3.05) is 0 Å². The van der Waals surface area contributed by atoms with Gasteiger partial charge in [-0.15, -0.1) is 0 Å². The van der Waals surface area contributed by atoms with Gasteiger partial charge in [-0.25, -0.2) is 4.98 Å². The van der Waals surface area contributed by atoms with Crippen molar-refractivity contribution in [2.24, 2.45) is 0 Å². The van der Waals surface area contributed by atoms with E-state index < -0.39 is 0 Å². The SMILES string of the molecule is CCc1nc2ccccc2n1-c1cccc(-c2cccc(-c3c4ccccc4c(-c4ccc(-c5ccccc5)cc4)c4ccccc34)c2)c1. The normalized spacial score (nSPS) is 11.4. The highest BCUT2D eigenvalue weighted by Crippen LogP contribution is 2.44. The molecule has 0 saturated heterocycles. The number of aryl methyl sites for hydroxylation is 1. The van der Waals surface area contributed by atoms with Crippen LogP contribution in [0.1, 0.15) is 12.7 Å². The van der Waals surface area contributed by atoms with Crippen molar-refractivity contribution < 1.29 is 0 Å². The average molecular weight is 627 g/mol. The first kappa shape index (κ1) is 28.9. The second kappa shape index (κ2) is 12.1. The number of hydrogen-bond donors (Lipinski definition) is 0. The van der Waals surface area contributed by atoms with E-state index in [9.17, 15) is 0 Å². The molecule has 0 bridgehead atoms. The molecule has 0 fully saturated rings. The lowest BCUT2D eigenvalue weighted by Crippen LogP contribution is -2.00. The number of aromatic nitrogens is 2. The van der Waals surface area contributed by atoms with Gasteiger partial charge >= 0.3 is 0 Å². The van der Waals surface area contributed by atoms with E-state index >= 15 is 0 Å². The molecule has 2 heteroatoms. The summed E-state index contributed by atoms with van der Waals surface area (Å²) in [4.78, 5) is 4.93. The monoisotopic (exact) mass is 626 g/mol. The fourth-order valence-corrected chi connectivity index (χ4v) is 7.49. The fourth-order valence-electron chi connectivity index (χ4n) is 7.49. The zero-order valence-electron chi connectivity index (χ0n) is 27.3. The molecule has 8 aromatic carbocycles. The van der Waals surface area contributed by atoms with Gasteiger partial charge in [0, 0.05) is 12.1 Å². The Bertz CT molecular complexity index is 2570. The van der Waals surface area contributed by atoms with E-state index in [4.69, 9.17) is 4.98 Å². The predicted octanol–water partition coefficient (Wildman–Crippen LogP) is 12.6. The van der Waals surface area contributed by atoms with Gasteiger partial charge in [0.15, 0.2) is 0 Å². The van der Waals surface area contributed by atoms with Gasteiger partial charge in [0.1, 0.15) is 5.82 Å². The van der Waals surface area contributed by atoms with Crippen LogP contribution in [0.25, 0.3) is 82.8 Å². The van der Waals surface area contributed by atoms with Gasteiger partial charge in [-0.05, 0) is 96.4 Å². The molecule has 0 aliphatic rings. The molecule has 0 aliphatic carbocycles. The molecule has 0 amide bonds. The van der Waals surface area contributed by atoms with Crippen molar-refractivity contribution in [3.63, 3.8) is 0 Å². The first-order chi connectivity index (χ1) is 24.3. The molecule has 1 aromatic heterocycles. The topological polar surface area (TPSA) is 17.8 Å². The van der Waals surface area contributed by atoms with Gasteiger partial charge in [-0.1, -0.05) is 153 Å². The molecule has 232 valence electrons. The number of nitrogens with zero attached hydrogens (tertiary/aromatic N) is 2. The molecular formula is C47H34N2. The zero-order valence-corrected chi connectivity index (χ0v) is 27.3. The molecule has 0 radical (unpaired) electrons. The Balaban J connectivity index is 1.19. The third-order valence-corrected chi connectivity index (χ3v) is 9.75. The van der Waals surface area contributed by atoms with Crippen molar-refractivity contribution >= 4 is 32.6 Å². The van der Waals surface area contributed by atoms with Crippen LogP contribution in [0.4, 0.5) is 0 Å². The number of para-hydroxylation sites is 2. The third kappa shape index (κ3) is 5.01. The average Bonchev–Trinajstić information content (AvgIpc) is 3.56. The van der Waals surface area contributed by atoms with Gasteiger partial charge in [0.25, 0.3) is 0 Å².